The van der Waals surface area contributed by atoms with Crippen molar-refractivity contribution in [2.45, 2.75) is 46.5 Å². The molecule has 1 heteroatoms. The molecule has 0 aromatic carbocycles. The summed E-state index contributed by atoms with van der Waals surface area (Å²) < 4.78 is 0. The first kappa shape index (κ1) is 11.5. The Morgan fingerprint density at radius 2 is 2.00 bits per heavy atom. The highest BCUT2D eigenvalue weighted by molar-refractivity contribution is 5.60. The van der Waals surface area contributed by atoms with E-state index >= 15 is 0 Å². The lowest BCUT2D eigenvalue weighted by Gasteiger charge is -2.48. The van der Waals surface area contributed by atoms with Gasteiger partial charge in [0.25, 0.3) is 0 Å². The molecule has 1 fully saturated rings. The van der Waals surface area contributed by atoms with Crippen molar-refractivity contribution in [1.82, 2.24) is 0 Å². The van der Waals surface area contributed by atoms with Gasteiger partial charge in [-0.15, -0.1) is 6.58 Å². The van der Waals surface area contributed by atoms with E-state index in [0.717, 1.165) is 12.8 Å². The molecule has 14 heavy (non-hydrogen) atoms. The van der Waals surface area contributed by atoms with Crippen LogP contribution in [0.1, 0.15) is 46.5 Å². The standard InChI is InChI=1S/C13H22O/c1-5-7-11-12(2,3)8-6-9-13(11,4)10-14/h5,10-11H,1,6-9H2,2-4H3. The van der Waals surface area contributed by atoms with Gasteiger partial charge in [-0.1, -0.05) is 33.3 Å². The molecule has 0 aromatic heterocycles. The molecule has 80 valence electrons. The van der Waals surface area contributed by atoms with E-state index in [0.29, 0.717) is 5.92 Å². The highest BCUT2D eigenvalue weighted by Gasteiger charge is 2.45. The molecular weight excluding hydrogens is 172 g/mol. The van der Waals surface area contributed by atoms with Crippen LogP contribution in [0.15, 0.2) is 12.7 Å². The Hall–Kier alpha value is -0.590. The van der Waals surface area contributed by atoms with E-state index in [4.69, 9.17) is 0 Å². The molecule has 0 spiro atoms. The minimum atomic E-state index is -0.129. The first-order valence-corrected chi connectivity index (χ1v) is 5.53. The van der Waals surface area contributed by atoms with Crippen LogP contribution < -0.4 is 0 Å². The number of allylic oxidation sites excluding steroid dienone is 1. The lowest BCUT2D eigenvalue weighted by atomic mass is 9.56. The van der Waals surface area contributed by atoms with Gasteiger partial charge in [-0.25, -0.2) is 0 Å². The van der Waals surface area contributed by atoms with Crippen LogP contribution in [0.2, 0.25) is 0 Å². The predicted molar refractivity (Wildman–Crippen MR) is 60.1 cm³/mol. The zero-order valence-corrected chi connectivity index (χ0v) is 9.68. The number of carbonyl (C=O) groups excluding carboxylic acids is 1. The molecule has 0 heterocycles. The van der Waals surface area contributed by atoms with E-state index in [1.165, 1.54) is 19.1 Å². The van der Waals surface area contributed by atoms with Gasteiger partial charge in [0.15, 0.2) is 0 Å². The van der Waals surface area contributed by atoms with Gasteiger partial charge in [-0.3, -0.25) is 0 Å². The normalized spacial score (nSPS) is 36.4. The van der Waals surface area contributed by atoms with Crippen molar-refractivity contribution in [2.24, 2.45) is 16.7 Å². The van der Waals surface area contributed by atoms with E-state index in [9.17, 15) is 4.79 Å². The fraction of sp³-hybridized carbons (Fsp3) is 0.769. The SMILES string of the molecule is C=CCC1C(C)(C)CCCC1(C)C=O. The fourth-order valence-corrected chi connectivity index (χ4v) is 3.06. The average Bonchev–Trinajstić information content (AvgIpc) is 2.11. The third-order valence-corrected chi connectivity index (χ3v) is 3.95. The molecule has 1 aliphatic carbocycles. The van der Waals surface area contributed by atoms with Gasteiger partial charge in [-0.05, 0) is 30.6 Å². The summed E-state index contributed by atoms with van der Waals surface area (Å²) in [7, 11) is 0. The van der Waals surface area contributed by atoms with Gasteiger partial charge in [0.2, 0.25) is 0 Å². The van der Waals surface area contributed by atoms with E-state index in [-0.39, 0.29) is 10.8 Å². The summed E-state index contributed by atoms with van der Waals surface area (Å²) in [5.41, 5.74) is 0.151. The molecule has 0 radical (unpaired) electrons. The lowest BCUT2D eigenvalue weighted by molar-refractivity contribution is -0.124. The second-order valence-electron chi connectivity index (χ2n) is 5.54. The molecule has 0 amide bonds. The largest absolute Gasteiger partial charge is 0.303 e. The Morgan fingerprint density at radius 3 is 2.50 bits per heavy atom. The van der Waals surface area contributed by atoms with Crippen molar-refractivity contribution >= 4 is 6.29 Å². The van der Waals surface area contributed by atoms with Crippen molar-refractivity contribution in [1.29, 1.82) is 0 Å². The van der Waals surface area contributed by atoms with Crippen molar-refractivity contribution in [3.8, 4) is 0 Å². The summed E-state index contributed by atoms with van der Waals surface area (Å²) in [4.78, 5) is 11.2. The molecule has 2 unspecified atom stereocenters. The van der Waals surface area contributed by atoms with E-state index < -0.39 is 0 Å². The zero-order valence-electron chi connectivity index (χ0n) is 9.68. The van der Waals surface area contributed by atoms with Crippen LogP contribution >= 0.6 is 0 Å². The molecule has 1 rings (SSSR count). The van der Waals surface area contributed by atoms with Crippen LogP contribution in [0.4, 0.5) is 0 Å². The van der Waals surface area contributed by atoms with Crippen LogP contribution in [0.5, 0.6) is 0 Å². The molecule has 2 atom stereocenters. The average molecular weight is 194 g/mol. The van der Waals surface area contributed by atoms with Crippen LogP contribution in [-0.4, -0.2) is 6.29 Å². The van der Waals surface area contributed by atoms with Crippen LogP contribution in [0.25, 0.3) is 0 Å². The number of hydrogen-bond donors (Lipinski definition) is 0. The Bertz CT molecular complexity index is 229. The number of rotatable bonds is 3. The minimum Gasteiger partial charge on any atom is -0.303 e. The molecule has 1 saturated carbocycles. The monoisotopic (exact) mass is 194 g/mol. The number of hydrogen-bond acceptors (Lipinski definition) is 1. The van der Waals surface area contributed by atoms with Gasteiger partial charge >= 0.3 is 0 Å². The molecule has 0 N–H and O–H groups in total. The van der Waals surface area contributed by atoms with Crippen molar-refractivity contribution in [3.05, 3.63) is 12.7 Å². The maximum atomic E-state index is 11.2. The van der Waals surface area contributed by atoms with Crippen molar-refractivity contribution in [2.75, 3.05) is 0 Å². The summed E-state index contributed by atoms with van der Waals surface area (Å²) in [5, 5.41) is 0. The smallest absolute Gasteiger partial charge is 0.126 e. The van der Waals surface area contributed by atoms with Gasteiger partial charge < -0.3 is 4.79 Å². The van der Waals surface area contributed by atoms with Gasteiger partial charge in [0, 0.05) is 5.41 Å². The summed E-state index contributed by atoms with van der Waals surface area (Å²) in [6.45, 7) is 10.5. The second kappa shape index (κ2) is 3.88. The minimum absolute atomic E-state index is 0.129. The molecule has 1 aliphatic rings. The Kier molecular flexibility index (Phi) is 3.18. The third kappa shape index (κ3) is 1.92. The quantitative estimate of drug-likeness (QED) is 0.495. The first-order chi connectivity index (χ1) is 6.46. The maximum absolute atomic E-state index is 11.2. The first-order valence-electron chi connectivity index (χ1n) is 5.53. The van der Waals surface area contributed by atoms with Crippen molar-refractivity contribution in [3.63, 3.8) is 0 Å². The third-order valence-electron chi connectivity index (χ3n) is 3.95. The fourth-order valence-electron chi connectivity index (χ4n) is 3.06. The van der Waals surface area contributed by atoms with Crippen LogP contribution in [-0.2, 0) is 4.79 Å². The van der Waals surface area contributed by atoms with Crippen molar-refractivity contribution < 1.29 is 4.79 Å². The van der Waals surface area contributed by atoms with Gasteiger partial charge in [0.1, 0.15) is 6.29 Å². The Balaban J connectivity index is 2.95. The van der Waals surface area contributed by atoms with Gasteiger partial charge in [-0.2, -0.15) is 0 Å². The van der Waals surface area contributed by atoms with E-state index in [1.807, 2.05) is 6.08 Å². The highest BCUT2D eigenvalue weighted by atomic mass is 16.1. The topological polar surface area (TPSA) is 17.1 Å². The summed E-state index contributed by atoms with van der Waals surface area (Å²) in [5.74, 6) is 0.457. The molecule has 0 saturated heterocycles. The molecule has 0 bridgehead atoms. The molecule has 1 nitrogen and oxygen atoms in total. The second-order valence-corrected chi connectivity index (χ2v) is 5.54. The number of carbonyl (C=O) groups is 1. The summed E-state index contributed by atoms with van der Waals surface area (Å²) in [6.07, 6.45) is 7.53. The van der Waals surface area contributed by atoms with E-state index in [1.54, 1.807) is 0 Å². The van der Waals surface area contributed by atoms with Crippen LogP contribution in [0.3, 0.4) is 0 Å². The predicted octanol–water partition coefficient (Wildman–Crippen LogP) is 3.59. The molecule has 0 aliphatic heterocycles. The zero-order chi connectivity index (χ0) is 10.8. The van der Waals surface area contributed by atoms with Gasteiger partial charge in [0.05, 0.1) is 0 Å². The van der Waals surface area contributed by atoms with E-state index in [2.05, 4.69) is 27.4 Å². The Labute approximate surface area is 87.6 Å². The summed E-state index contributed by atoms with van der Waals surface area (Å²) >= 11 is 0. The molecule has 0 aromatic rings. The maximum Gasteiger partial charge on any atom is 0.126 e. The van der Waals surface area contributed by atoms with Crippen LogP contribution in [0, 0.1) is 16.7 Å². The Morgan fingerprint density at radius 1 is 1.36 bits per heavy atom. The highest BCUT2D eigenvalue weighted by Crippen LogP contribution is 2.51. The number of aldehydes is 1. The lowest BCUT2D eigenvalue weighted by Crippen LogP contribution is -2.42. The summed E-state index contributed by atoms with van der Waals surface area (Å²) in [6, 6.07) is 0. The molecular formula is C13H22O.